The summed E-state index contributed by atoms with van der Waals surface area (Å²) >= 11 is 3.02. The van der Waals surface area contributed by atoms with E-state index < -0.39 is 0 Å². The van der Waals surface area contributed by atoms with E-state index in [4.69, 9.17) is 9.47 Å². The molecule has 2 amide bonds. The third kappa shape index (κ3) is 5.64. The first-order valence-electron chi connectivity index (χ1n) is 8.75. The number of rotatable bonds is 8. The number of thioether (sulfide) groups is 1. The fourth-order valence-corrected chi connectivity index (χ4v) is 4.03. The van der Waals surface area contributed by atoms with Crippen LogP contribution in [0.2, 0.25) is 0 Å². The highest BCUT2D eigenvalue weighted by Crippen LogP contribution is 2.34. The molecule has 0 radical (unpaired) electrons. The predicted octanol–water partition coefficient (Wildman–Crippen LogP) is 2.78. The number of benzene rings is 1. The van der Waals surface area contributed by atoms with Crippen molar-refractivity contribution < 1.29 is 19.1 Å². The third-order valence-electron chi connectivity index (χ3n) is 3.98. The summed E-state index contributed by atoms with van der Waals surface area (Å²) in [5.41, 5.74) is 0. The fourth-order valence-electron chi connectivity index (χ4n) is 2.55. The van der Waals surface area contributed by atoms with Crippen molar-refractivity contribution in [3.05, 3.63) is 40.6 Å². The average molecular weight is 407 g/mol. The van der Waals surface area contributed by atoms with E-state index >= 15 is 0 Å². The van der Waals surface area contributed by atoms with Crippen molar-refractivity contribution in [3.8, 4) is 11.5 Å². The van der Waals surface area contributed by atoms with Crippen LogP contribution >= 0.6 is 23.1 Å². The van der Waals surface area contributed by atoms with Crippen molar-refractivity contribution in [3.63, 3.8) is 0 Å². The molecule has 1 aromatic carbocycles. The van der Waals surface area contributed by atoms with Gasteiger partial charge in [0.2, 0.25) is 11.8 Å². The number of likely N-dealkylation sites (N-methyl/N-ethyl adjacent to an activating group) is 1. The van der Waals surface area contributed by atoms with Crippen LogP contribution < -0.4 is 14.8 Å². The van der Waals surface area contributed by atoms with Gasteiger partial charge < -0.3 is 19.7 Å². The van der Waals surface area contributed by atoms with Crippen LogP contribution in [0.4, 0.5) is 0 Å². The molecule has 144 valence electrons. The number of hydrogen-bond donors (Lipinski definition) is 1. The summed E-state index contributed by atoms with van der Waals surface area (Å²) in [7, 11) is 0. The third-order valence-corrected chi connectivity index (χ3v) is 5.84. The van der Waals surface area contributed by atoms with Gasteiger partial charge in [0, 0.05) is 16.3 Å². The molecule has 3 rings (SSSR count). The van der Waals surface area contributed by atoms with Crippen molar-refractivity contribution in [1.29, 1.82) is 0 Å². The molecule has 1 aromatic heterocycles. The van der Waals surface area contributed by atoms with Crippen LogP contribution in [-0.2, 0) is 16.1 Å². The fraction of sp³-hybridized carbons (Fsp3) is 0.368. The molecule has 0 unspecified atom stereocenters. The zero-order valence-electron chi connectivity index (χ0n) is 15.1. The molecule has 0 aliphatic carbocycles. The van der Waals surface area contributed by atoms with E-state index in [1.807, 2.05) is 42.6 Å². The van der Waals surface area contributed by atoms with Crippen LogP contribution in [0.5, 0.6) is 11.5 Å². The Balaban J connectivity index is 1.47. The molecule has 0 spiro atoms. The summed E-state index contributed by atoms with van der Waals surface area (Å²) in [5.74, 6) is 1.49. The van der Waals surface area contributed by atoms with Crippen molar-refractivity contribution in [2.24, 2.45) is 0 Å². The Hall–Kier alpha value is -2.19. The summed E-state index contributed by atoms with van der Waals surface area (Å²) in [6, 6.07) is 9.57. The SMILES string of the molecule is CCN(CC(=O)NCc1cccs1)C(=O)CSc1ccc2c(c1)OCCO2. The van der Waals surface area contributed by atoms with E-state index in [0.717, 1.165) is 15.5 Å². The molecule has 0 fully saturated rings. The number of fused-ring (bicyclic) bond motifs is 1. The summed E-state index contributed by atoms with van der Waals surface area (Å²) in [6.07, 6.45) is 0. The number of nitrogens with zero attached hydrogens (tertiary/aromatic N) is 1. The highest BCUT2D eigenvalue weighted by atomic mass is 32.2. The standard InChI is InChI=1S/C19H22N2O4S2/c1-2-21(12-18(22)20-11-15-4-3-9-26-15)19(23)13-27-14-5-6-16-17(10-14)25-8-7-24-16/h3-6,9-10H,2,7-8,11-13H2,1H3,(H,20,22). The van der Waals surface area contributed by atoms with Gasteiger partial charge in [-0.15, -0.1) is 23.1 Å². The van der Waals surface area contributed by atoms with E-state index in [9.17, 15) is 9.59 Å². The molecule has 1 N–H and O–H groups in total. The Morgan fingerprint density at radius 1 is 1.22 bits per heavy atom. The van der Waals surface area contributed by atoms with Gasteiger partial charge in [-0.3, -0.25) is 9.59 Å². The lowest BCUT2D eigenvalue weighted by molar-refractivity contribution is -0.133. The van der Waals surface area contributed by atoms with Gasteiger partial charge in [0.1, 0.15) is 13.2 Å². The minimum atomic E-state index is -0.150. The molecule has 1 aliphatic rings. The van der Waals surface area contributed by atoms with Gasteiger partial charge in [0.25, 0.3) is 0 Å². The number of hydrogen-bond acceptors (Lipinski definition) is 6. The molecular weight excluding hydrogens is 384 g/mol. The van der Waals surface area contributed by atoms with Gasteiger partial charge in [0.05, 0.1) is 18.8 Å². The maximum Gasteiger partial charge on any atom is 0.239 e. The topological polar surface area (TPSA) is 67.9 Å². The quantitative estimate of drug-likeness (QED) is 0.683. The molecule has 0 atom stereocenters. The van der Waals surface area contributed by atoms with Crippen LogP contribution in [0.1, 0.15) is 11.8 Å². The number of carbonyl (C=O) groups excluding carboxylic acids is 2. The highest BCUT2D eigenvalue weighted by molar-refractivity contribution is 8.00. The average Bonchev–Trinajstić information content (AvgIpc) is 3.22. The van der Waals surface area contributed by atoms with Crippen LogP contribution in [0.3, 0.4) is 0 Å². The lowest BCUT2D eigenvalue weighted by Gasteiger charge is -2.21. The predicted molar refractivity (Wildman–Crippen MR) is 107 cm³/mol. The van der Waals surface area contributed by atoms with Crippen LogP contribution in [0, 0.1) is 0 Å². The molecule has 0 saturated carbocycles. The van der Waals surface area contributed by atoms with Gasteiger partial charge in [-0.2, -0.15) is 0 Å². The van der Waals surface area contributed by atoms with E-state index in [1.54, 1.807) is 16.2 Å². The van der Waals surface area contributed by atoms with Gasteiger partial charge in [-0.25, -0.2) is 0 Å². The van der Waals surface area contributed by atoms with Crippen molar-refractivity contribution in [2.75, 3.05) is 32.1 Å². The Morgan fingerprint density at radius 2 is 2.04 bits per heavy atom. The first-order valence-corrected chi connectivity index (χ1v) is 10.6. The number of carbonyl (C=O) groups is 2. The van der Waals surface area contributed by atoms with Crippen molar-refractivity contribution in [1.82, 2.24) is 10.2 Å². The summed E-state index contributed by atoms with van der Waals surface area (Å²) in [6.45, 7) is 4.02. The molecule has 27 heavy (non-hydrogen) atoms. The Kier molecular flexibility index (Phi) is 7.00. The molecule has 0 saturated heterocycles. The Labute approximate surface area is 166 Å². The second-order valence-electron chi connectivity index (χ2n) is 5.86. The zero-order chi connectivity index (χ0) is 19.1. The monoisotopic (exact) mass is 406 g/mol. The van der Waals surface area contributed by atoms with Gasteiger partial charge >= 0.3 is 0 Å². The minimum Gasteiger partial charge on any atom is -0.486 e. The zero-order valence-corrected chi connectivity index (χ0v) is 16.7. The number of thiophene rings is 1. The summed E-state index contributed by atoms with van der Waals surface area (Å²) in [4.78, 5) is 28.2. The summed E-state index contributed by atoms with van der Waals surface area (Å²) < 4.78 is 11.1. The maximum atomic E-state index is 12.5. The Bertz CT molecular complexity index is 780. The second-order valence-corrected chi connectivity index (χ2v) is 7.94. The van der Waals surface area contributed by atoms with E-state index in [0.29, 0.717) is 32.1 Å². The molecule has 1 aliphatic heterocycles. The van der Waals surface area contributed by atoms with Gasteiger partial charge in [-0.1, -0.05) is 6.07 Å². The second kappa shape index (κ2) is 9.66. The first kappa shape index (κ1) is 19.6. The normalized spacial score (nSPS) is 12.5. The molecular formula is C19H22N2O4S2. The molecule has 8 heteroatoms. The lowest BCUT2D eigenvalue weighted by atomic mass is 10.3. The Morgan fingerprint density at radius 3 is 2.78 bits per heavy atom. The number of amides is 2. The number of nitrogens with one attached hydrogen (secondary N) is 1. The van der Waals surface area contributed by atoms with Gasteiger partial charge in [0.15, 0.2) is 11.5 Å². The van der Waals surface area contributed by atoms with Gasteiger partial charge in [-0.05, 0) is 36.6 Å². The minimum absolute atomic E-state index is 0.0661. The van der Waals surface area contributed by atoms with Crippen LogP contribution in [0.25, 0.3) is 0 Å². The molecule has 2 heterocycles. The van der Waals surface area contributed by atoms with Crippen molar-refractivity contribution in [2.45, 2.75) is 18.4 Å². The molecule has 0 bridgehead atoms. The van der Waals surface area contributed by atoms with Crippen molar-refractivity contribution >= 4 is 34.9 Å². The largest absolute Gasteiger partial charge is 0.486 e. The highest BCUT2D eigenvalue weighted by Gasteiger charge is 2.17. The van der Waals surface area contributed by atoms with E-state index in [-0.39, 0.29) is 24.1 Å². The van der Waals surface area contributed by atoms with E-state index in [2.05, 4.69) is 5.32 Å². The van der Waals surface area contributed by atoms with Crippen LogP contribution in [-0.4, -0.2) is 48.8 Å². The summed E-state index contributed by atoms with van der Waals surface area (Å²) in [5, 5.41) is 4.82. The maximum absolute atomic E-state index is 12.5. The smallest absolute Gasteiger partial charge is 0.239 e. The number of ether oxygens (including phenoxy) is 2. The molecule has 2 aromatic rings. The van der Waals surface area contributed by atoms with Crippen LogP contribution in [0.15, 0.2) is 40.6 Å². The van der Waals surface area contributed by atoms with E-state index in [1.165, 1.54) is 11.8 Å². The first-order chi connectivity index (χ1) is 13.2. The molecule has 6 nitrogen and oxygen atoms in total. The lowest BCUT2D eigenvalue weighted by Crippen LogP contribution is -2.41.